The van der Waals surface area contributed by atoms with E-state index in [4.69, 9.17) is 0 Å². The second-order valence-electron chi connectivity index (χ2n) is 25.3. The van der Waals surface area contributed by atoms with Crippen LogP contribution in [0.5, 0.6) is 0 Å². The fourth-order valence-corrected chi connectivity index (χ4v) is 17.7. The van der Waals surface area contributed by atoms with Crippen LogP contribution in [-0.2, 0) is 10.8 Å². The van der Waals surface area contributed by atoms with E-state index in [1.807, 2.05) is 0 Å². The Hall–Kier alpha value is -7.67. The van der Waals surface area contributed by atoms with Crippen molar-refractivity contribution in [1.82, 2.24) is 0 Å². The quantitative estimate of drug-likeness (QED) is 0.115. The van der Waals surface area contributed by atoms with E-state index in [1.54, 1.807) is 11.1 Å². The molecule has 0 bridgehead atoms. The maximum Gasteiger partial charge on any atom is 0.216 e. The molecule has 2 heterocycles. The van der Waals surface area contributed by atoms with Gasteiger partial charge in [-0.2, -0.15) is 0 Å². The van der Waals surface area contributed by atoms with Gasteiger partial charge in [0.1, 0.15) is 0 Å². The van der Waals surface area contributed by atoms with Crippen LogP contribution in [0.3, 0.4) is 0 Å². The largest absolute Gasteiger partial charge is 0.216 e. The first kappa shape index (κ1) is 46.4. The van der Waals surface area contributed by atoms with Crippen LogP contribution < -0.4 is 21.9 Å². The van der Waals surface area contributed by atoms with Gasteiger partial charge in [0, 0.05) is 0 Å². The monoisotopic (exact) mass is 999 g/mol. The van der Waals surface area contributed by atoms with Gasteiger partial charge in [0.2, 0.25) is 13.4 Å². The van der Waals surface area contributed by atoms with E-state index in [9.17, 15) is 0 Å². The minimum atomic E-state index is 0.0602. The highest BCUT2D eigenvalue weighted by Crippen LogP contribution is 2.64. The number of rotatable bonds is 6. The van der Waals surface area contributed by atoms with E-state index in [2.05, 4.69) is 246 Å². The summed E-state index contributed by atoms with van der Waals surface area (Å²) in [5, 5.41) is 13.4. The molecule has 4 aliphatic rings. The van der Waals surface area contributed by atoms with Gasteiger partial charge in [-0.05, 0) is 156 Å². The highest BCUT2D eigenvalue weighted by atomic mass is 14.5. The molecule has 16 rings (SSSR count). The van der Waals surface area contributed by atoms with Gasteiger partial charge in [-0.25, -0.2) is 0 Å². The smallest absolute Gasteiger partial charge is 0.0735 e. The number of hydrogen-bond acceptors (Lipinski definition) is 0. The molecule has 0 N–H and O–H groups in total. The summed E-state index contributed by atoms with van der Waals surface area (Å²) in [5.41, 5.74) is 19.7. The SMILES string of the molecule is CC12CCCCC1(C)c1cc(-c3cc(-c4cccc5ccccc45)c4ccc5c(-c6ccc7c(c6)C6(C)CCCCC6(C)B7c6ccccc6)cc(-c6cccc7ccccc67)c6ccc3c4c56)ccc1B2c1ccccc1. The molecule has 0 spiro atoms. The average molecular weight is 999 g/mol. The number of benzene rings is 12. The second-order valence-corrected chi connectivity index (χ2v) is 25.3. The molecule has 12 aromatic rings. The summed E-state index contributed by atoms with van der Waals surface area (Å²) in [5.74, 6) is 0. The van der Waals surface area contributed by atoms with Crippen molar-refractivity contribution in [3.63, 3.8) is 0 Å². The lowest BCUT2D eigenvalue weighted by Crippen LogP contribution is -2.51. The van der Waals surface area contributed by atoms with Crippen LogP contribution in [0.4, 0.5) is 0 Å². The van der Waals surface area contributed by atoms with Gasteiger partial charge in [0.25, 0.3) is 0 Å². The summed E-state index contributed by atoms with van der Waals surface area (Å²) < 4.78 is 0. The van der Waals surface area contributed by atoms with Crippen molar-refractivity contribution in [3.05, 3.63) is 230 Å². The lowest BCUT2D eigenvalue weighted by molar-refractivity contribution is 0.243. The van der Waals surface area contributed by atoms with Crippen LogP contribution in [0.1, 0.15) is 90.2 Å². The third-order valence-corrected chi connectivity index (χ3v) is 21.9. The molecule has 12 aromatic carbocycles. The molecule has 4 atom stereocenters. The summed E-state index contributed by atoms with van der Waals surface area (Å²) in [6, 6.07) is 85.3. The zero-order valence-corrected chi connectivity index (χ0v) is 45.6. The Morgan fingerprint density at radius 2 is 0.667 bits per heavy atom. The molecule has 2 aliphatic heterocycles. The molecule has 4 unspecified atom stereocenters. The average Bonchev–Trinajstić information content (AvgIpc) is 4.06. The fraction of sp³-hybridized carbons (Fsp3) is 0.211. The van der Waals surface area contributed by atoms with Crippen LogP contribution in [0, 0.1) is 0 Å². The summed E-state index contributed by atoms with van der Waals surface area (Å²) in [7, 11) is 0. The molecule has 0 saturated heterocycles. The highest BCUT2D eigenvalue weighted by Gasteiger charge is 2.61. The van der Waals surface area contributed by atoms with Crippen molar-refractivity contribution >= 4 is 89.1 Å². The van der Waals surface area contributed by atoms with Crippen LogP contribution in [0.25, 0.3) is 98.4 Å². The van der Waals surface area contributed by atoms with Crippen LogP contribution in [0.15, 0.2) is 218 Å². The van der Waals surface area contributed by atoms with Gasteiger partial charge in [0.05, 0.1) is 0 Å². The Kier molecular flexibility index (Phi) is 10.1. The van der Waals surface area contributed by atoms with Gasteiger partial charge < -0.3 is 0 Å². The third kappa shape index (κ3) is 6.27. The Morgan fingerprint density at radius 1 is 0.295 bits per heavy atom. The van der Waals surface area contributed by atoms with Crippen LogP contribution in [0.2, 0.25) is 10.6 Å². The van der Waals surface area contributed by atoms with E-state index < -0.39 is 0 Å². The second kappa shape index (κ2) is 16.9. The van der Waals surface area contributed by atoms with E-state index in [-0.39, 0.29) is 21.5 Å². The number of fused-ring (bicyclic) bond motifs is 8. The molecule has 2 fully saturated rings. The summed E-state index contributed by atoms with van der Waals surface area (Å²) >= 11 is 0. The molecule has 0 amide bonds. The summed E-state index contributed by atoms with van der Waals surface area (Å²) in [6.07, 6.45) is 10.1. The van der Waals surface area contributed by atoms with E-state index in [0.717, 1.165) is 0 Å². The molecular formula is C76H64B2. The van der Waals surface area contributed by atoms with Gasteiger partial charge in [-0.1, -0.05) is 294 Å². The van der Waals surface area contributed by atoms with Gasteiger partial charge in [0.15, 0.2) is 0 Å². The normalized spacial score (nSPS) is 22.6. The van der Waals surface area contributed by atoms with E-state index in [0.29, 0.717) is 13.4 Å². The maximum atomic E-state index is 2.67. The van der Waals surface area contributed by atoms with Crippen molar-refractivity contribution < 1.29 is 0 Å². The molecule has 2 saturated carbocycles. The lowest BCUT2D eigenvalue weighted by Gasteiger charge is -2.48. The fourth-order valence-electron chi connectivity index (χ4n) is 17.7. The van der Waals surface area contributed by atoms with Crippen molar-refractivity contribution in [2.24, 2.45) is 0 Å². The molecule has 2 aliphatic carbocycles. The maximum absolute atomic E-state index is 2.67. The van der Waals surface area contributed by atoms with Crippen molar-refractivity contribution in [2.75, 3.05) is 0 Å². The molecular weight excluding hydrogens is 934 g/mol. The Labute approximate surface area is 461 Å². The zero-order chi connectivity index (χ0) is 52.1. The molecule has 0 radical (unpaired) electrons. The summed E-state index contributed by atoms with van der Waals surface area (Å²) in [6.45, 7) is 11.2. The Balaban J connectivity index is 1.01. The molecule has 0 aromatic heterocycles. The molecule has 2 heteroatoms. The first-order valence-electron chi connectivity index (χ1n) is 29.3. The lowest BCUT2D eigenvalue weighted by atomic mass is 9.26. The van der Waals surface area contributed by atoms with E-state index in [1.165, 1.54) is 172 Å². The Morgan fingerprint density at radius 3 is 1.10 bits per heavy atom. The van der Waals surface area contributed by atoms with Gasteiger partial charge in [-0.15, -0.1) is 0 Å². The zero-order valence-electron chi connectivity index (χ0n) is 45.6. The predicted molar refractivity (Wildman–Crippen MR) is 338 cm³/mol. The first-order chi connectivity index (χ1) is 38.2. The highest BCUT2D eigenvalue weighted by molar-refractivity contribution is 6.90. The molecule has 374 valence electrons. The van der Waals surface area contributed by atoms with Crippen molar-refractivity contribution in [2.45, 2.75) is 101 Å². The van der Waals surface area contributed by atoms with E-state index >= 15 is 0 Å². The minimum absolute atomic E-state index is 0.0602. The minimum Gasteiger partial charge on any atom is -0.0735 e. The molecule has 0 nitrogen and oxygen atoms in total. The number of hydrogen-bond donors (Lipinski definition) is 0. The van der Waals surface area contributed by atoms with Crippen LogP contribution in [-0.4, -0.2) is 13.4 Å². The third-order valence-electron chi connectivity index (χ3n) is 21.9. The van der Waals surface area contributed by atoms with Crippen LogP contribution >= 0.6 is 0 Å². The standard InChI is InChI=1S/C76H64B2/c1-73-41-15-17-43-75(73,3)77(53-25-7-5-8-26-53)69-39-33-51(45-67(69)73)63-47-65(57-31-19-23-49-21-11-13-29-55(49)57)61-38-36-60-64(48-66(62-37-35-59(63)71(61)72(60)62)58-32-20-24-50-22-12-14-30-56(50)58)52-34-40-70-68(46-52)74(2)42-16-18-44-76(74,4)78(70)54-27-9-6-10-28-54/h5-14,19-40,45-48H,15-18,41-44H2,1-4H3. The Bertz CT molecular complexity index is 4130. The topological polar surface area (TPSA) is 0 Å². The van der Waals surface area contributed by atoms with Gasteiger partial charge >= 0.3 is 0 Å². The predicted octanol–water partition coefficient (Wildman–Crippen LogP) is 18.0. The first-order valence-corrected chi connectivity index (χ1v) is 29.3. The molecule has 78 heavy (non-hydrogen) atoms. The van der Waals surface area contributed by atoms with Gasteiger partial charge in [-0.3, -0.25) is 0 Å². The van der Waals surface area contributed by atoms with Crippen molar-refractivity contribution in [3.8, 4) is 44.5 Å². The summed E-state index contributed by atoms with van der Waals surface area (Å²) in [4.78, 5) is 0. The van der Waals surface area contributed by atoms with Crippen molar-refractivity contribution in [1.29, 1.82) is 0 Å².